The van der Waals surface area contributed by atoms with Crippen LogP contribution in [-0.2, 0) is 5.41 Å². The van der Waals surface area contributed by atoms with Crippen LogP contribution >= 0.6 is 11.5 Å². The third-order valence-corrected chi connectivity index (χ3v) is 2.72. The smallest absolute Gasteiger partial charge is 0.298 e. The fourth-order valence-corrected chi connectivity index (χ4v) is 1.91. The molecule has 0 saturated carbocycles. The third-order valence-electron chi connectivity index (χ3n) is 2.12. The molecule has 5 heteroatoms. The minimum atomic E-state index is -0.0763. The highest BCUT2D eigenvalue weighted by Gasteiger charge is 2.20. The maximum Gasteiger partial charge on any atom is 0.298 e. The first kappa shape index (κ1) is 11.9. The van der Waals surface area contributed by atoms with E-state index in [4.69, 9.17) is 9.84 Å². The Morgan fingerprint density at radius 3 is 2.35 bits per heavy atom. The van der Waals surface area contributed by atoms with Gasteiger partial charge in [0, 0.05) is 16.9 Å². The van der Waals surface area contributed by atoms with Crippen LogP contribution in [0.5, 0.6) is 16.7 Å². The van der Waals surface area contributed by atoms with Crippen molar-refractivity contribution in [1.82, 2.24) is 9.36 Å². The van der Waals surface area contributed by atoms with Gasteiger partial charge in [0.05, 0.1) is 0 Å². The number of ether oxygens (including phenoxy) is 1. The van der Waals surface area contributed by atoms with E-state index in [2.05, 4.69) is 30.1 Å². The van der Waals surface area contributed by atoms with Crippen LogP contribution in [0.4, 0.5) is 0 Å². The van der Waals surface area contributed by atoms with Gasteiger partial charge in [-0.05, 0) is 24.3 Å². The highest BCUT2D eigenvalue weighted by atomic mass is 32.1. The molecule has 1 aromatic carbocycles. The van der Waals surface area contributed by atoms with Gasteiger partial charge in [0.25, 0.3) is 5.19 Å². The Labute approximate surface area is 104 Å². The average molecular weight is 250 g/mol. The maximum atomic E-state index is 9.15. The molecular weight excluding hydrogens is 236 g/mol. The van der Waals surface area contributed by atoms with Crippen LogP contribution in [-0.4, -0.2) is 14.5 Å². The van der Waals surface area contributed by atoms with Gasteiger partial charge >= 0.3 is 0 Å². The normalized spacial score (nSPS) is 11.5. The molecule has 2 rings (SSSR count). The van der Waals surface area contributed by atoms with Crippen molar-refractivity contribution in [3.8, 4) is 16.7 Å². The molecule has 0 radical (unpaired) electrons. The predicted molar refractivity (Wildman–Crippen MR) is 66.8 cm³/mol. The summed E-state index contributed by atoms with van der Waals surface area (Å²) >= 11 is 1.23. The van der Waals surface area contributed by atoms with Gasteiger partial charge in [-0.15, -0.1) is 0 Å². The van der Waals surface area contributed by atoms with Crippen LogP contribution in [0.3, 0.4) is 0 Å². The molecule has 17 heavy (non-hydrogen) atoms. The SMILES string of the molecule is CC(C)(C)c1nsc(Oc2ccc(O)cc2)n1. The summed E-state index contributed by atoms with van der Waals surface area (Å²) in [6.45, 7) is 6.16. The molecule has 4 nitrogen and oxygen atoms in total. The lowest BCUT2D eigenvalue weighted by Gasteiger charge is -2.11. The lowest BCUT2D eigenvalue weighted by Crippen LogP contribution is -2.12. The van der Waals surface area contributed by atoms with Crippen LogP contribution in [0.25, 0.3) is 0 Å². The standard InChI is InChI=1S/C12H14N2O2S/c1-12(2,3)10-13-11(17-14-10)16-9-6-4-8(15)5-7-9/h4-7,15H,1-3H3. The number of aromatic hydroxyl groups is 1. The Kier molecular flexibility index (Phi) is 3.02. The Balaban J connectivity index is 2.14. The maximum absolute atomic E-state index is 9.15. The van der Waals surface area contributed by atoms with Crippen LogP contribution in [0.15, 0.2) is 24.3 Å². The zero-order valence-corrected chi connectivity index (χ0v) is 10.8. The summed E-state index contributed by atoms with van der Waals surface area (Å²) in [5.74, 6) is 1.63. The van der Waals surface area contributed by atoms with Gasteiger partial charge in [0.2, 0.25) is 0 Å². The molecule has 1 heterocycles. The predicted octanol–water partition coefficient (Wildman–Crippen LogP) is 3.33. The minimum absolute atomic E-state index is 0.0763. The van der Waals surface area contributed by atoms with Gasteiger partial charge in [-0.3, -0.25) is 0 Å². The van der Waals surface area contributed by atoms with E-state index in [1.54, 1.807) is 24.3 Å². The molecule has 2 aromatic rings. The van der Waals surface area contributed by atoms with Crippen molar-refractivity contribution < 1.29 is 9.84 Å². The van der Waals surface area contributed by atoms with Crippen LogP contribution in [0.2, 0.25) is 0 Å². The molecule has 90 valence electrons. The lowest BCUT2D eigenvalue weighted by atomic mass is 9.96. The second-order valence-electron chi connectivity index (χ2n) is 4.73. The van der Waals surface area contributed by atoms with Gasteiger partial charge in [0.15, 0.2) is 5.82 Å². The first-order valence-electron chi connectivity index (χ1n) is 5.26. The van der Waals surface area contributed by atoms with E-state index in [-0.39, 0.29) is 11.2 Å². The van der Waals surface area contributed by atoms with Crippen molar-refractivity contribution in [3.05, 3.63) is 30.1 Å². The van der Waals surface area contributed by atoms with Crippen molar-refractivity contribution in [1.29, 1.82) is 0 Å². The van der Waals surface area contributed by atoms with Crippen molar-refractivity contribution in [3.63, 3.8) is 0 Å². The summed E-state index contributed by atoms with van der Waals surface area (Å²) < 4.78 is 9.80. The number of benzene rings is 1. The van der Waals surface area contributed by atoms with Crippen LogP contribution in [0.1, 0.15) is 26.6 Å². The van der Waals surface area contributed by atoms with Crippen molar-refractivity contribution in [2.24, 2.45) is 0 Å². The topological polar surface area (TPSA) is 55.2 Å². The molecule has 1 aromatic heterocycles. The lowest BCUT2D eigenvalue weighted by molar-refractivity contribution is 0.458. The summed E-state index contributed by atoms with van der Waals surface area (Å²) in [5.41, 5.74) is -0.0763. The zero-order valence-electron chi connectivity index (χ0n) is 9.97. The second kappa shape index (κ2) is 4.33. The highest BCUT2D eigenvalue weighted by molar-refractivity contribution is 7.07. The van der Waals surface area contributed by atoms with Crippen molar-refractivity contribution in [2.45, 2.75) is 26.2 Å². The minimum Gasteiger partial charge on any atom is -0.508 e. The fraction of sp³-hybridized carbons (Fsp3) is 0.333. The van der Waals surface area contributed by atoms with E-state index in [0.717, 1.165) is 5.82 Å². The van der Waals surface area contributed by atoms with Gasteiger partial charge in [-0.2, -0.15) is 9.36 Å². The average Bonchev–Trinajstić information content (AvgIpc) is 2.69. The van der Waals surface area contributed by atoms with E-state index in [1.807, 2.05) is 0 Å². The molecule has 0 fully saturated rings. The van der Waals surface area contributed by atoms with Crippen LogP contribution < -0.4 is 4.74 Å². The third kappa shape index (κ3) is 2.94. The number of phenols is 1. The monoisotopic (exact) mass is 250 g/mol. The van der Waals surface area contributed by atoms with Crippen LogP contribution in [0, 0.1) is 0 Å². The summed E-state index contributed by atoms with van der Waals surface area (Å²) in [5, 5.41) is 9.67. The summed E-state index contributed by atoms with van der Waals surface area (Å²) in [7, 11) is 0. The largest absolute Gasteiger partial charge is 0.508 e. The highest BCUT2D eigenvalue weighted by Crippen LogP contribution is 2.28. The molecule has 0 aliphatic rings. The summed E-state index contributed by atoms with van der Waals surface area (Å²) in [6.07, 6.45) is 0. The fourth-order valence-electron chi connectivity index (χ4n) is 1.17. The Morgan fingerprint density at radius 1 is 1.18 bits per heavy atom. The van der Waals surface area contributed by atoms with E-state index < -0.39 is 0 Å². The summed E-state index contributed by atoms with van der Waals surface area (Å²) in [6, 6.07) is 6.52. The first-order valence-corrected chi connectivity index (χ1v) is 6.03. The number of aromatic nitrogens is 2. The molecule has 0 aliphatic carbocycles. The number of hydrogen-bond acceptors (Lipinski definition) is 5. The number of phenolic OH excluding ortho intramolecular Hbond substituents is 1. The van der Waals surface area contributed by atoms with E-state index in [0.29, 0.717) is 10.9 Å². The quantitative estimate of drug-likeness (QED) is 0.888. The van der Waals surface area contributed by atoms with Gasteiger partial charge in [0.1, 0.15) is 11.5 Å². The van der Waals surface area contributed by atoms with E-state index in [9.17, 15) is 0 Å². The molecular formula is C12H14N2O2S. The van der Waals surface area contributed by atoms with Gasteiger partial charge < -0.3 is 9.84 Å². The number of hydrogen-bond donors (Lipinski definition) is 1. The zero-order chi connectivity index (χ0) is 12.5. The molecule has 1 N–H and O–H groups in total. The molecule has 0 spiro atoms. The van der Waals surface area contributed by atoms with Crippen molar-refractivity contribution in [2.75, 3.05) is 0 Å². The van der Waals surface area contributed by atoms with E-state index in [1.165, 1.54) is 11.5 Å². The molecule has 0 amide bonds. The van der Waals surface area contributed by atoms with Gasteiger partial charge in [-0.1, -0.05) is 20.8 Å². The number of nitrogens with zero attached hydrogens (tertiary/aromatic N) is 2. The second-order valence-corrected chi connectivity index (χ2v) is 5.44. The first-order chi connectivity index (χ1) is 7.95. The van der Waals surface area contributed by atoms with Gasteiger partial charge in [-0.25, -0.2) is 0 Å². The molecule has 0 unspecified atom stereocenters. The van der Waals surface area contributed by atoms with E-state index >= 15 is 0 Å². The van der Waals surface area contributed by atoms with Crippen molar-refractivity contribution >= 4 is 11.5 Å². The summed E-state index contributed by atoms with van der Waals surface area (Å²) in [4.78, 5) is 4.32. The number of rotatable bonds is 2. The molecule has 0 bridgehead atoms. The molecule has 0 saturated heterocycles. The Morgan fingerprint density at radius 2 is 1.82 bits per heavy atom. The molecule has 0 aliphatic heterocycles. The molecule has 0 atom stereocenters. The Bertz CT molecular complexity index is 500. The Hall–Kier alpha value is -1.62.